The van der Waals surface area contributed by atoms with Crippen LogP contribution in [0.3, 0.4) is 0 Å². The van der Waals surface area contributed by atoms with Crippen LogP contribution >= 0.6 is 30.3 Å². The number of rotatable bonds is 14. The third kappa shape index (κ3) is 11.6. The van der Waals surface area contributed by atoms with Crippen LogP contribution in [0.15, 0.2) is 108 Å². The lowest BCUT2D eigenvalue weighted by Crippen LogP contribution is -2.36. The molecule has 15 nitrogen and oxygen atoms in total. The maximum Gasteiger partial charge on any atom is 0.243 e. The molecule has 3 heterocycles. The van der Waals surface area contributed by atoms with Crippen molar-refractivity contribution < 1.29 is 31.9 Å². The normalized spacial score (nSPS) is 12.8. The van der Waals surface area contributed by atoms with Crippen molar-refractivity contribution in [2.24, 2.45) is 0 Å². The van der Waals surface area contributed by atoms with Crippen molar-refractivity contribution in [1.82, 2.24) is 19.9 Å². The fourth-order valence-electron chi connectivity index (χ4n) is 5.95. The van der Waals surface area contributed by atoms with E-state index in [0.29, 0.717) is 58.9 Å². The predicted molar refractivity (Wildman–Crippen MR) is 247 cm³/mol. The minimum absolute atomic E-state index is 0.170. The van der Waals surface area contributed by atoms with E-state index in [9.17, 15) is 13.0 Å². The number of para-hydroxylation sites is 2. The van der Waals surface area contributed by atoms with Gasteiger partial charge in [-0.2, -0.15) is 9.97 Å². The van der Waals surface area contributed by atoms with Gasteiger partial charge in [-0.3, -0.25) is 0 Å². The number of hydrogen-bond acceptors (Lipinski definition) is 15. The Morgan fingerprint density at radius 2 is 1.40 bits per heavy atom. The van der Waals surface area contributed by atoms with E-state index in [2.05, 4.69) is 40.8 Å². The van der Waals surface area contributed by atoms with Gasteiger partial charge in [-0.1, -0.05) is 53.5 Å². The van der Waals surface area contributed by atoms with Gasteiger partial charge in [0, 0.05) is 35.8 Å². The Morgan fingerprint density at radius 3 is 2.08 bits per heavy atom. The number of anilines is 7. The summed E-state index contributed by atoms with van der Waals surface area (Å²) in [5, 5.41) is 9.92. The monoisotopic (exact) mass is 920 g/mol. The fourth-order valence-corrected chi connectivity index (χ4v) is 8.28. The van der Waals surface area contributed by atoms with Gasteiger partial charge in [0.15, 0.2) is 27.2 Å². The lowest BCUT2D eigenvalue weighted by molar-refractivity contribution is 0.122. The summed E-state index contributed by atoms with van der Waals surface area (Å²) in [6.45, 7) is 9.72. The van der Waals surface area contributed by atoms with E-state index >= 15 is 0 Å². The quantitative estimate of drug-likeness (QED) is 0.0879. The number of halogens is 2. The van der Waals surface area contributed by atoms with Crippen LogP contribution in [-0.2, 0) is 19.1 Å². The lowest BCUT2D eigenvalue weighted by Gasteiger charge is -2.29. The van der Waals surface area contributed by atoms with Crippen molar-refractivity contribution in [1.29, 1.82) is 0 Å². The van der Waals surface area contributed by atoms with E-state index in [1.807, 2.05) is 48.5 Å². The van der Waals surface area contributed by atoms with Gasteiger partial charge in [0.2, 0.25) is 17.8 Å². The standard InChI is InChI=1S/C24H28ClN4O5P.C19H19ClN4O2S/c1-31-21-14-17(35(3,4)30)6-7-19(21)27-24-26-15-18(25)23(28-24)34-20-8-5-16(13-22(20)32-2)29-9-11-33-12-10-29;1-13(2)27(25,26)17-11-7-6-10-16(17)23-18-15(20)12-21-19(24-18)22-14-8-4-3-5-9-14/h5-8,13-15H,9-12H2,1-4H3,(H,26,27,28);3-13H,1-2H3,(H2,21,22,23,24). The van der Waals surface area contributed by atoms with Crippen LogP contribution in [0.25, 0.3) is 0 Å². The molecule has 0 spiro atoms. The lowest BCUT2D eigenvalue weighted by atomic mass is 10.2. The summed E-state index contributed by atoms with van der Waals surface area (Å²) in [7, 11) is -2.77. The van der Waals surface area contributed by atoms with Crippen LogP contribution in [0, 0.1) is 0 Å². The van der Waals surface area contributed by atoms with Gasteiger partial charge in [-0.05, 0) is 81.8 Å². The summed E-state index contributed by atoms with van der Waals surface area (Å²) in [5.41, 5.74) is 2.88. The molecule has 4 aromatic carbocycles. The Labute approximate surface area is 371 Å². The third-order valence-corrected chi connectivity index (χ3v) is 13.6. The van der Waals surface area contributed by atoms with E-state index in [1.54, 1.807) is 83.9 Å². The summed E-state index contributed by atoms with van der Waals surface area (Å²) >= 11 is 12.5. The number of benzene rings is 4. The Hall–Kier alpha value is -5.64. The fraction of sp³-hybridized carbons (Fsp3) is 0.256. The van der Waals surface area contributed by atoms with Crippen molar-refractivity contribution in [3.05, 3.63) is 113 Å². The van der Waals surface area contributed by atoms with E-state index in [1.165, 1.54) is 12.4 Å². The molecule has 6 aromatic rings. The highest BCUT2D eigenvalue weighted by Gasteiger charge is 2.23. The first-order chi connectivity index (χ1) is 29.7. The number of ether oxygens (including phenoxy) is 4. The second-order valence-corrected chi connectivity index (χ2v) is 20.8. The number of methoxy groups -OCH3 is 2. The molecule has 62 heavy (non-hydrogen) atoms. The minimum Gasteiger partial charge on any atom is -0.495 e. The Kier molecular flexibility index (Phi) is 15.2. The van der Waals surface area contributed by atoms with Crippen molar-refractivity contribution in [2.45, 2.75) is 24.0 Å². The number of hydrogen-bond donors (Lipinski definition) is 3. The molecule has 0 aliphatic carbocycles. The van der Waals surface area contributed by atoms with Gasteiger partial charge in [-0.25, -0.2) is 18.4 Å². The zero-order valence-corrected chi connectivity index (χ0v) is 38.1. The second-order valence-electron chi connectivity index (χ2n) is 14.3. The number of nitrogens with one attached hydrogen (secondary N) is 3. The van der Waals surface area contributed by atoms with Crippen LogP contribution in [0.2, 0.25) is 10.0 Å². The zero-order chi connectivity index (χ0) is 44.4. The van der Waals surface area contributed by atoms with E-state index < -0.39 is 22.2 Å². The molecule has 2 aromatic heterocycles. The number of sulfone groups is 1. The molecule has 7 rings (SSSR count). The first-order valence-corrected chi connectivity index (χ1v) is 24.2. The number of morpholine rings is 1. The first kappa shape index (κ1) is 45.9. The topological polar surface area (TPSA) is 179 Å². The minimum atomic E-state index is -3.46. The predicted octanol–water partition coefficient (Wildman–Crippen LogP) is 9.57. The molecule has 0 bridgehead atoms. The van der Waals surface area contributed by atoms with Gasteiger partial charge in [-0.15, -0.1) is 0 Å². The van der Waals surface area contributed by atoms with E-state index in [0.717, 1.165) is 24.5 Å². The summed E-state index contributed by atoms with van der Waals surface area (Å²) in [6, 6.07) is 27.2. The smallest absolute Gasteiger partial charge is 0.243 e. The summed E-state index contributed by atoms with van der Waals surface area (Å²) in [5.74, 6) is 2.64. The van der Waals surface area contributed by atoms with Gasteiger partial charge < -0.3 is 44.4 Å². The van der Waals surface area contributed by atoms with Crippen molar-refractivity contribution >= 4 is 85.9 Å². The van der Waals surface area contributed by atoms with Gasteiger partial charge in [0.1, 0.15) is 22.9 Å². The first-order valence-electron chi connectivity index (χ1n) is 19.3. The summed E-state index contributed by atoms with van der Waals surface area (Å²) < 4.78 is 60.1. The van der Waals surface area contributed by atoms with Crippen molar-refractivity contribution in [3.63, 3.8) is 0 Å². The average molecular weight is 922 g/mol. The Bertz CT molecular complexity index is 2650. The van der Waals surface area contributed by atoms with Crippen molar-refractivity contribution in [3.8, 4) is 23.1 Å². The number of nitrogens with zero attached hydrogens (tertiary/aromatic N) is 5. The summed E-state index contributed by atoms with van der Waals surface area (Å²) in [4.78, 5) is 19.6. The maximum atomic E-state index is 12.6. The molecule has 1 saturated heterocycles. The molecule has 1 aliphatic rings. The highest BCUT2D eigenvalue weighted by atomic mass is 35.5. The van der Waals surface area contributed by atoms with E-state index in [4.69, 9.17) is 42.1 Å². The molecule has 19 heteroatoms. The zero-order valence-electron chi connectivity index (χ0n) is 34.9. The number of aromatic nitrogens is 4. The molecular formula is C43H47Cl2N8O7PS. The molecule has 1 fully saturated rings. The van der Waals surface area contributed by atoms with Crippen LogP contribution in [-0.4, -0.2) is 87.5 Å². The SMILES string of the molecule is CC(C)S(=O)(=O)c1ccccc1Nc1nc(Nc2ccccc2)ncc1Cl.COc1cc(P(C)(C)=O)ccc1Nc1ncc(Cl)c(Oc2ccc(N3CCOCC3)cc2OC)n1. The van der Waals surface area contributed by atoms with Gasteiger partial charge in [0.05, 0.1) is 61.3 Å². The van der Waals surface area contributed by atoms with Gasteiger partial charge >= 0.3 is 0 Å². The molecule has 0 radical (unpaired) electrons. The molecule has 0 saturated carbocycles. The molecular weight excluding hydrogens is 874 g/mol. The molecule has 1 aliphatic heterocycles. The second kappa shape index (κ2) is 20.5. The van der Waals surface area contributed by atoms with Crippen LogP contribution in [0.1, 0.15) is 13.8 Å². The van der Waals surface area contributed by atoms with E-state index in [-0.39, 0.29) is 26.8 Å². The van der Waals surface area contributed by atoms with Crippen molar-refractivity contribution in [2.75, 3.05) is 74.7 Å². The molecule has 0 unspecified atom stereocenters. The van der Waals surface area contributed by atoms with Gasteiger partial charge in [0.25, 0.3) is 0 Å². The molecule has 0 atom stereocenters. The Balaban J connectivity index is 0.000000214. The largest absolute Gasteiger partial charge is 0.495 e. The van der Waals surface area contributed by atoms with Crippen LogP contribution in [0.4, 0.5) is 40.5 Å². The molecule has 0 amide bonds. The molecule has 3 N–H and O–H groups in total. The average Bonchev–Trinajstić information content (AvgIpc) is 3.27. The Morgan fingerprint density at radius 1 is 0.742 bits per heavy atom. The highest BCUT2D eigenvalue weighted by molar-refractivity contribution is 7.92. The maximum absolute atomic E-state index is 12.6. The molecule has 326 valence electrons. The summed E-state index contributed by atoms with van der Waals surface area (Å²) in [6.07, 6.45) is 2.91. The van der Waals surface area contributed by atoms with Crippen LogP contribution < -0.4 is 40.4 Å². The highest BCUT2D eigenvalue weighted by Crippen LogP contribution is 2.40. The third-order valence-electron chi connectivity index (χ3n) is 9.34. The van der Waals surface area contributed by atoms with Crippen LogP contribution in [0.5, 0.6) is 23.1 Å².